The first-order chi connectivity index (χ1) is 14.8. The molecule has 0 amide bonds. The Bertz CT molecular complexity index is 988. The van der Waals surface area contributed by atoms with Gasteiger partial charge in [0.25, 0.3) is 0 Å². The number of nitrogens with zero attached hydrogens (tertiary/aromatic N) is 3. The number of piperazine rings is 1. The molecule has 1 saturated heterocycles. The van der Waals surface area contributed by atoms with Crippen LogP contribution in [0.3, 0.4) is 0 Å². The van der Waals surface area contributed by atoms with Crippen LogP contribution in [0, 0.1) is 0 Å². The maximum absolute atomic E-state index is 4.38. The summed E-state index contributed by atoms with van der Waals surface area (Å²) >= 11 is 1.83. The van der Waals surface area contributed by atoms with Gasteiger partial charge in [-0.25, -0.2) is 0 Å². The fourth-order valence-corrected chi connectivity index (χ4v) is 4.92. The molecule has 1 fully saturated rings. The molecular weight excluding hydrogens is 390 g/mol. The number of benzene rings is 2. The molecule has 2 aromatic carbocycles. The minimum atomic E-state index is 0.847. The monoisotopic (exact) mass is 417 g/mol. The van der Waals surface area contributed by atoms with Crippen molar-refractivity contribution in [2.45, 2.75) is 6.54 Å². The lowest BCUT2D eigenvalue weighted by molar-refractivity contribution is 0.250. The Morgan fingerprint density at radius 2 is 1.77 bits per heavy atom. The van der Waals surface area contributed by atoms with Gasteiger partial charge < -0.3 is 15.5 Å². The molecule has 3 aromatic rings. The quantitative estimate of drug-likeness (QED) is 0.656. The van der Waals surface area contributed by atoms with Crippen LogP contribution in [-0.4, -0.2) is 50.1 Å². The van der Waals surface area contributed by atoms with E-state index in [4.69, 9.17) is 0 Å². The molecule has 0 unspecified atom stereocenters. The first-order valence-electron chi connectivity index (χ1n) is 10.6. The normalized spacial score (nSPS) is 16.9. The lowest BCUT2D eigenvalue weighted by Crippen LogP contribution is -2.45. The largest absolute Gasteiger partial charge is 0.369 e. The summed E-state index contributed by atoms with van der Waals surface area (Å²) in [5.74, 6) is 0.869. The van der Waals surface area contributed by atoms with E-state index < -0.39 is 0 Å². The van der Waals surface area contributed by atoms with Gasteiger partial charge in [-0.15, -0.1) is 11.3 Å². The molecule has 0 atom stereocenters. The van der Waals surface area contributed by atoms with E-state index in [1.807, 2.05) is 11.3 Å². The third-order valence-corrected chi connectivity index (χ3v) is 6.69. The highest BCUT2D eigenvalue weighted by Crippen LogP contribution is 2.29. The Morgan fingerprint density at radius 1 is 0.967 bits per heavy atom. The fraction of sp³-hybridized carbons (Fsp3) is 0.292. The molecule has 2 N–H and O–H groups in total. The predicted molar refractivity (Wildman–Crippen MR) is 128 cm³/mol. The molecule has 2 aliphatic heterocycles. The number of guanidine groups is 1. The Kier molecular flexibility index (Phi) is 5.68. The van der Waals surface area contributed by atoms with Crippen LogP contribution < -0.4 is 15.5 Å². The van der Waals surface area contributed by atoms with Crippen LogP contribution in [0.5, 0.6) is 0 Å². The van der Waals surface area contributed by atoms with Crippen molar-refractivity contribution in [3.63, 3.8) is 0 Å². The van der Waals surface area contributed by atoms with E-state index in [0.717, 1.165) is 57.5 Å². The minimum Gasteiger partial charge on any atom is -0.369 e. The number of nitrogens with one attached hydrogen (secondary N) is 2. The number of rotatable bonds is 5. The van der Waals surface area contributed by atoms with E-state index >= 15 is 0 Å². The molecule has 0 bridgehead atoms. The van der Waals surface area contributed by atoms with E-state index in [9.17, 15) is 0 Å². The van der Waals surface area contributed by atoms with Crippen molar-refractivity contribution in [2.75, 3.05) is 49.5 Å². The Hall–Kier alpha value is -2.83. The van der Waals surface area contributed by atoms with E-state index in [2.05, 4.69) is 91.5 Å². The molecule has 154 valence electrons. The molecule has 30 heavy (non-hydrogen) atoms. The Balaban J connectivity index is 1.16. The molecule has 2 aliphatic rings. The van der Waals surface area contributed by atoms with E-state index in [1.54, 1.807) is 0 Å². The summed E-state index contributed by atoms with van der Waals surface area (Å²) in [6.45, 7) is 7.20. The van der Waals surface area contributed by atoms with Gasteiger partial charge in [0, 0.05) is 55.5 Å². The first-order valence-corrected chi connectivity index (χ1v) is 11.5. The number of thiophene rings is 1. The van der Waals surface area contributed by atoms with Gasteiger partial charge in [0.05, 0.1) is 6.54 Å². The average Bonchev–Trinajstić information content (AvgIpc) is 3.48. The number of aliphatic imine (C=N–C) groups is 1. The zero-order chi connectivity index (χ0) is 20.2. The van der Waals surface area contributed by atoms with Crippen LogP contribution in [0.25, 0.3) is 10.4 Å². The zero-order valence-corrected chi connectivity index (χ0v) is 17.9. The van der Waals surface area contributed by atoms with Crippen LogP contribution in [0.4, 0.5) is 11.4 Å². The minimum absolute atomic E-state index is 0.847. The molecular formula is C24H27N5S. The molecule has 0 spiro atoms. The Labute approximate surface area is 182 Å². The first kappa shape index (κ1) is 19.2. The lowest BCUT2D eigenvalue weighted by Gasteiger charge is -2.36. The predicted octanol–water partition coefficient (Wildman–Crippen LogP) is 4.11. The van der Waals surface area contributed by atoms with E-state index in [1.165, 1.54) is 21.7 Å². The molecule has 0 saturated carbocycles. The van der Waals surface area contributed by atoms with Crippen molar-refractivity contribution < 1.29 is 0 Å². The van der Waals surface area contributed by atoms with Crippen molar-refractivity contribution in [2.24, 2.45) is 4.99 Å². The van der Waals surface area contributed by atoms with Crippen LogP contribution >= 0.6 is 11.3 Å². The SMILES string of the molecule is c1ccc(N2CCN(Cc3csc(-c4ccc(NC5=NCCN5)cc4)c3)CC2)cc1. The molecule has 0 aliphatic carbocycles. The summed E-state index contributed by atoms with van der Waals surface area (Å²) in [4.78, 5) is 10.8. The molecule has 0 radical (unpaired) electrons. The van der Waals surface area contributed by atoms with Crippen molar-refractivity contribution in [3.8, 4) is 10.4 Å². The second-order valence-corrected chi connectivity index (χ2v) is 8.69. The summed E-state index contributed by atoms with van der Waals surface area (Å²) in [5.41, 5.74) is 5.09. The number of para-hydroxylation sites is 1. The van der Waals surface area contributed by atoms with Gasteiger partial charge in [0.15, 0.2) is 5.96 Å². The molecule has 5 rings (SSSR count). The van der Waals surface area contributed by atoms with Gasteiger partial charge in [-0.1, -0.05) is 30.3 Å². The summed E-state index contributed by atoms with van der Waals surface area (Å²) < 4.78 is 0. The summed E-state index contributed by atoms with van der Waals surface area (Å²) in [5, 5.41) is 8.87. The van der Waals surface area contributed by atoms with Crippen LogP contribution in [0.15, 0.2) is 71.0 Å². The zero-order valence-electron chi connectivity index (χ0n) is 17.1. The van der Waals surface area contributed by atoms with Gasteiger partial charge >= 0.3 is 0 Å². The van der Waals surface area contributed by atoms with Crippen molar-refractivity contribution in [1.29, 1.82) is 0 Å². The average molecular weight is 418 g/mol. The van der Waals surface area contributed by atoms with Crippen molar-refractivity contribution in [3.05, 3.63) is 71.6 Å². The topological polar surface area (TPSA) is 42.9 Å². The van der Waals surface area contributed by atoms with Crippen molar-refractivity contribution >= 4 is 28.7 Å². The van der Waals surface area contributed by atoms with Gasteiger partial charge in [-0.05, 0) is 46.8 Å². The molecule has 5 nitrogen and oxygen atoms in total. The Morgan fingerprint density at radius 3 is 2.50 bits per heavy atom. The van der Waals surface area contributed by atoms with Gasteiger partial charge in [-0.3, -0.25) is 9.89 Å². The number of hydrogen-bond acceptors (Lipinski definition) is 6. The lowest BCUT2D eigenvalue weighted by atomic mass is 10.1. The summed E-state index contributed by atoms with van der Waals surface area (Å²) in [7, 11) is 0. The standard InChI is InChI=1S/C24H27N5S/c1-2-4-22(5-3-1)29-14-12-28(13-15-29)17-19-16-23(30-18-19)20-6-8-21(9-7-20)27-24-25-10-11-26-24/h1-9,16,18H,10-15,17H2,(H2,25,26,27). The molecule has 3 heterocycles. The summed E-state index contributed by atoms with van der Waals surface area (Å²) in [6, 6.07) is 21.7. The van der Waals surface area contributed by atoms with Gasteiger partial charge in [0.2, 0.25) is 0 Å². The third-order valence-electron chi connectivity index (χ3n) is 5.66. The van der Waals surface area contributed by atoms with E-state index in [0.29, 0.717) is 0 Å². The second-order valence-electron chi connectivity index (χ2n) is 7.78. The van der Waals surface area contributed by atoms with Crippen LogP contribution in [0.2, 0.25) is 0 Å². The van der Waals surface area contributed by atoms with Crippen LogP contribution in [-0.2, 0) is 6.54 Å². The molecule has 1 aromatic heterocycles. The van der Waals surface area contributed by atoms with Crippen molar-refractivity contribution in [1.82, 2.24) is 10.2 Å². The second kappa shape index (κ2) is 8.90. The highest BCUT2D eigenvalue weighted by Gasteiger charge is 2.17. The maximum Gasteiger partial charge on any atom is 0.195 e. The number of hydrogen-bond donors (Lipinski definition) is 2. The van der Waals surface area contributed by atoms with Crippen LogP contribution in [0.1, 0.15) is 5.56 Å². The summed E-state index contributed by atoms with van der Waals surface area (Å²) in [6.07, 6.45) is 0. The maximum atomic E-state index is 4.38. The highest BCUT2D eigenvalue weighted by molar-refractivity contribution is 7.13. The smallest absolute Gasteiger partial charge is 0.195 e. The number of anilines is 2. The highest BCUT2D eigenvalue weighted by atomic mass is 32.1. The third kappa shape index (κ3) is 4.50. The molecule has 6 heteroatoms. The van der Waals surface area contributed by atoms with Gasteiger partial charge in [0.1, 0.15) is 0 Å². The van der Waals surface area contributed by atoms with E-state index in [-0.39, 0.29) is 0 Å². The van der Waals surface area contributed by atoms with Gasteiger partial charge in [-0.2, -0.15) is 0 Å². The fourth-order valence-electron chi connectivity index (χ4n) is 4.01.